The summed E-state index contributed by atoms with van der Waals surface area (Å²) in [6.07, 6.45) is 37.8. The molecule has 11 nitrogen and oxygen atoms in total. The molecule has 0 radical (unpaired) electrons. The van der Waals surface area contributed by atoms with Gasteiger partial charge in [-0.1, -0.05) is 141 Å². The molecule has 0 rings (SSSR count). The topological polar surface area (TPSA) is 167 Å². The summed E-state index contributed by atoms with van der Waals surface area (Å²) in [4.78, 5) is 16.7. The van der Waals surface area contributed by atoms with Crippen molar-refractivity contribution < 1.29 is 24.9 Å². The largest absolute Gasteiger partial charge is 0.437 e. The fourth-order valence-corrected chi connectivity index (χ4v) is 8.28. The molecule has 15 heteroatoms. The minimum absolute atomic E-state index is 0.194. The zero-order chi connectivity index (χ0) is 44.3. The van der Waals surface area contributed by atoms with E-state index in [9.17, 15) is 24.9 Å². The third-order valence-electron chi connectivity index (χ3n) is 12.1. The van der Waals surface area contributed by atoms with Gasteiger partial charge in [-0.25, -0.2) is 0 Å². The van der Waals surface area contributed by atoms with E-state index in [1.165, 1.54) is 122 Å². The van der Waals surface area contributed by atoms with Crippen molar-refractivity contribution >= 4 is 34.1 Å². The van der Waals surface area contributed by atoms with E-state index in [2.05, 4.69) is 25.4 Å². The first kappa shape index (κ1) is 59.4. The van der Waals surface area contributed by atoms with Crippen LogP contribution >= 0.6 is 0 Å². The molecule has 0 atom stereocenters. The Kier molecular flexibility index (Phi) is 44.5. The first-order valence-corrected chi connectivity index (χ1v) is 25.7. The van der Waals surface area contributed by atoms with Gasteiger partial charge in [0.05, 0.1) is 0 Å². The summed E-state index contributed by atoms with van der Waals surface area (Å²) in [7, 11) is -2.13. The molecule has 0 aliphatic carbocycles. The summed E-state index contributed by atoms with van der Waals surface area (Å²) < 4.78 is 0. The molecule has 0 aliphatic heterocycles. The lowest BCUT2D eigenvalue weighted by atomic mass is 9.80. The fraction of sp³-hybridized carbons (Fsp3) is 0.978. The second-order valence-corrected chi connectivity index (χ2v) is 18.3. The fourth-order valence-electron chi connectivity index (χ4n) is 8.28. The van der Waals surface area contributed by atoms with Gasteiger partial charge in [0.15, 0.2) is 0 Å². The van der Waals surface area contributed by atoms with Crippen LogP contribution in [0.5, 0.6) is 0 Å². The number of nitrogens with one attached hydrogen (secondary N) is 3. The first-order valence-electron chi connectivity index (χ1n) is 25.7. The van der Waals surface area contributed by atoms with Gasteiger partial charge in [0.25, 0.3) is 0 Å². The van der Waals surface area contributed by atoms with E-state index in [-0.39, 0.29) is 5.91 Å². The highest BCUT2D eigenvalue weighted by Gasteiger charge is 2.25. The van der Waals surface area contributed by atoms with Gasteiger partial charge in [-0.2, -0.15) is 0 Å². The van der Waals surface area contributed by atoms with Crippen molar-refractivity contribution in [1.29, 1.82) is 0 Å². The number of nitrogens with zero attached hydrogens (tertiary/aromatic N) is 2. The van der Waals surface area contributed by atoms with Crippen LogP contribution in [0.4, 0.5) is 0 Å². The van der Waals surface area contributed by atoms with E-state index < -0.39 is 28.2 Å². The van der Waals surface area contributed by atoms with Crippen molar-refractivity contribution in [3.05, 3.63) is 0 Å². The Labute approximate surface area is 373 Å². The molecule has 0 aromatic carbocycles. The van der Waals surface area contributed by atoms with E-state index in [4.69, 9.17) is 5.73 Å². The van der Waals surface area contributed by atoms with Crippen LogP contribution in [0, 0.1) is 5.92 Å². The Bertz CT molecular complexity index is 871. The van der Waals surface area contributed by atoms with Crippen molar-refractivity contribution in [3.63, 3.8) is 0 Å². The molecular formula is C45H100B4N6O5. The third kappa shape index (κ3) is 42.7. The van der Waals surface area contributed by atoms with E-state index in [0.29, 0.717) is 12.3 Å². The van der Waals surface area contributed by atoms with Crippen LogP contribution in [0.2, 0.25) is 27.3 Å². The predicted octanol–water partition coefficient (Wildman–Crippen LogP) is 8.00. The monoisotopic (exact) mass is 849 g/mol. The molecule has 0 spiro atoms. The maximum atomic E-state index is 12.4. The number of rotatable bonds is 48. The number of carbonyl (C=O) groups is 1. The van der Waals surface area contributed by atoms with Crippen LogP contribution in [-0.2, 0) is 4.79 Å². The molecule has 0 aliphatic rings. The quantitative estimate of drug-likeness (QED) is 0.0222. The zero-order valence-corrected chi connectivity index (χ0v) is 40.1. The second-order valence-electron chi connectivity index (χ2n) is 18.3. The van der Waals surface area contributed by atoms with Gasteiger partial charge in [-0.15, -0.1) is 0 Å². The lowest BCUT2D eigenvalue weighted by Gasteiger charge is -2.33. The van der Waals surface area contributed by atoms with Gasteiger partial charge in [0.1, 0.15) is 0 Å². The van der Waals surface area contributed by atoms with Gasteiger partial charge < -0.3 is 51.2 Å². The Balaban J connectivity index is 4.12. The molecule has 352 valence electrons. The molecule has 0 saturated heterocycles. The zero-order valence-electron chi connectivity index (χ0n) is 40.1. The standard InChI is InChI=1S/C45H100B4N6O5/c1-46(57)52-38-30-32-40-54(48(3)59)42-44(43-55(49(4)60)41-33-31-39-53-47(2)58)34-26-23-25-29-37-51-45(56)35-27-22-20-18-16-14-12-10-8-6-5-7-9-11-13-15-17-19-21-24-28-36-50/h44,52-53,57-60H,5-43,50H2,1-4H3,(H,51,56). The minimum Gasteiger partial charge on any atom is -0.437 e. The number of hydrogen-bond acceptors (Lipinski definition) is 10. The summed E-state index contributed by atoms with van der Waals surface area (Å²) in [5, 5.41) is 49.5. The average Bonchev–Trinajstić information content (AvgIpc) is 3.20. The van der Waals surface area contributed by atoms with E-state index >= 15 is 0 Å². The number of unbranched alkanes of at least 4 members (excludes halogenated alkanes) is 25. The molecule has 0 aromatic rings. The van der Waals surface area contributed by atoms with Gasteiger partial charge in [0, 0.05) is 13.0 Å². The van der Waals surface area contributed by atoms with Crippen LogP contribution < -0.4 is 21.5 Å². The Morgan fingerprint density at radius 3 is 1.17 bits per heavy atom. The predicted molar refractivity (Wildman–Crippen MR) is 263 cm³/mol. The van der Waals surface area contributed by atoms with Crippen LogP contribution in [0.1, 0.15) is 199 Å². The Morgan fingerprint density at radius 2 is 0.800 bits per heavy atom. The Hall–Kier alpha value is -0.630. The highest BCUT2D eigenvalue weighted by atomic mass is 16.2. The van der Waals surface area contributed by atoms with Crippen molar-refractivity contribution in [3.8, 4) is 0 Å². The smallest absolute Gasteiger partial charge is 0.376 e. The lowest BCUT2D eigenvalue weighted by Crippen LogP contribution is -2.47. The molecule has 0 bridgehead atoms. The second kappa shape index (κ2) is 45.0. The summed E-state index contributed by atoms with van der Waals surface area (Å²) in [5.74, 6) is 0.497. The molecule has 1 amide bonds. The van der Waals surface area contributed by atoms with Crippen molar-refractivity contribution in [2.75, 3.05) is 52.4 Å². The van der Waals surface area contributed by atoms with Crippen LogP contribution in [-0.4, -0.2) is 116 Å². The van der Waals surface area contributed by atoms with E-state index in [0.717, 1.165) is 123 Å². The summed E-state index contributed by atoms with van der Waals surface area (Å²) in [6.45, 7) is 13.3. The maximum absolute atomic E-state index is 12.4. The van der Waals surface area contributed by atoms with Crippen molar-refractivity contribution in [2.45, 2.75) is 226 Å². The van der Waals surface area contributed by atoms with Gasteiger partial charge in [-0.05, 0) is 130 Å². The number of hydrogen-bond donors (Lipinski definition) is 8. The summed E-state index contributed by atoms with van der Waals surface area (Å²) in [5.41, 5.74) is 5.56. The van der Waals surface area contributed by atoms with Crippen LogP contribution in [0.3, 0.4) is 0 Å². The number of amides is 1. The molecule has 0 fully saturated rings. The first-order chi connectivity index (χ1) is 29.1. The van der Waals surface area contributed by atoms with Crippen molar-refractivity contribution in [2.24, 2.45) is 11.7 Å². The molecule has 9 N–H and O–H groups in total. The van der Waals surface area contributed by atoms with Crippen molar-refractivity contribution in [1.82, 2.24) is 25.4 Å². The molecular weight excluding hydrogens is 748 g/mol. The van der Waals surface area contributed by atoms with Crippen LogP contribution in [0.15, 0.2) is 0 Å². The minimum atomic E-state index is -0.552. The van der Waals surface area contributed by atoms with Crippen LogP contribution in [0.25, 0.3) is 0 Å². The van der Waals surface area contributed by atoms with Gasteiger partial charge in [0.2, 0.25) is 5.91 Å². The highest BCUT2D eigenvalue weighted by Crippen LogP contribution is 2.18. The lowest BCUT2D eigenvalue weighted by molar-refractivity contribution is -0.121. The molecule has 0 heterocycles. The van der Waals surface area contributed by atoms with Gasteiger partial charge >= 0.3 is 28.2 Å². The van der Waals surface area contributed by atoms with E-state index in [1.54, 1.807) is 13.6 Å². The normalized spacial score (nSPS) is 11.7. The Morgan fingerprint density at radius 1 is 0.467 bits per heavy atom. The SMILES string of the molecule is CB(O)NCCCCN(CC(CCCCCCNC(=O)CCCCCCCCCCCCCCCCCCCCCCCN)CN(CCCCNB(C)O)B(C)O)B(C)O. The molecule has 0 saturated carbocycles. The molecule has 60 heavy (non-hydrogen) atoms. The number of carbonyl (C=O) groups excluding carboxylic acids is 1. The molecule has 0 aromatic heterocycles. The molecule has 0 unspecified atom stereocenters. The summed E-state index contributed by atoms with van der Waals surface area (Å²) in [6, 6.07) is 0. The average molecular weight is 849 g/mol. The van der Waals surface area contributed by atoms with E-state index in [1.807, 2.05) is 13.6 Å². The summed E-state index contributed by atoms with van der Waals surface area (Å²) >= 11 is 0. The number of nitrogens with two attached hydrogens (primary N) is 1. The third-order valence-corrected chi connectivity index (χ3v) is 12.1. The maximum Gasteiger partial charge on any atom is 0.376 e. The highest BCUT2D eigenvalue weighted by molar-refractivity contribution is 6.46. The van der Waals surface area contributed by atoms with Gasteiger partial charge in [-0.3, -0.25) is 4.79 Å².